The fourth-order valence-corrected chi connectivity index (χ4v) is 1.28. The number of para-hydroxylation sites is 1. The summed E-state index contributed by atoms with van der Waals surface area (Å²) in [7, 11) is 1.46. The summed E-state index contributed by atoms with van der Waals surface area (Å²) in [5, 5.41) is 10.6. The van der Waals surface area contributed by atoms with Crippen LogP contribution in [-0.2, 0) is 11.2 Å². The van der Waals surface area contributed by atoms with E-state index >= 15 is 0 Å². The highest BCUT2D eigenvalue weighted by Crippen LogP contribution is 2.20. The van der Waals surface area contributed by atoms with Crippen molar-refractivity contribution in [3.63, 3.8) is 0 Å². The molecule has 0 fully saturated rings. The molecule has 0 heterocycles. The van der Waals surface area contributed by atoms with Gasteiger partial charge in [-0.2, -0.15) is 0 Å². The Hall–Kier alpha value is -1.13. The van der Waals surface area contributed by atoms with Crippen molar-refractivity contribution < 1.29 is 9.66 Å². The fourth-order valence-electron chi connectivity index (χ4n) is 1.12. The highest BCUT2D eigenvalue weighted by Gasteiger charge is 2.15. The van der Waals surface area contributed by atoms with Crippen molar-refractivity contribution in [2.24, 2.45) is 0 Å². The number of halogens is 1. The number of hydrogen-bond acceptors (Lipinski definition) is 3. The Bertz CT molecular complexity index is 330. The van der Waals surface area contributed by atoms with E-state index in [1.807, 2.05) is 0 Å². The first-order valence-electron chi connectivity index (χ1n) is 4.04. The molecule has 0 amide bonds. The molecule has 0 bridgehead atoms. The first kappa shape index (κ1) is 10.9. The van der Waals surface area contributed by atoms with Crippen LogP contribution in [0.1, 0.15) is 5.56 Å². The molecule has 1 atom stereocenters. The lowest BCUT2D eigenvalue weighted by atomic mass is 10.1. The molecule has 0 spiro atoms. The minimum atomic E-state index is -0.531. The molecule has 0 aromatic heterocycles. The molecule has 1 aromatic rings. The number of benzene rings is 1. The van der Waals surface area contributed by atoms with E-state index in [-0.39, 0.29) is 5.69 Å². The Kier molecular flexibility index (Phi) is 3.85. The van der Waals surface area contributed by atoms with Crippen LogP contribution in [0.25, 0.3) is 0 Å². The third-order valence-corrected chi connectivity index (χ3v) is 2.16. The molecule has 1 unspecified atom stereocenters. The number of nitrogens with zero attached hydrogens (tertiary/aromatic N) is 1. The van der Waals surface area contributed by atoms with Crippen LogP contribution in [0.15, 0.2) is 24.3 Å². The van der Waals surface area contributed by atoms with Gasteiger partial charge in [-0.25, -0.2) is 0 Å². The maximum absolute atomic E-state index is 10.6. The molecule has 0 saturated heterocycles. The summed E-state index contributed by atoms with van der Waals surface area (Å²) in [4.78, 5) is 10.2. The number of hydrogen-bond donors (Lipinski definition) is 0. The van der Waals surface area contributed by atoms with E-state index in [2.05, 4.69) is 0 Å². The molecule has 14 heavy (non-hydrogen) atoms. The van der Waals surface area contributed by atoms with Gasteiger partial charge in [-0.3, -0.25) is 10.1 Å². The van der Waals surface area contributed by atoms with Gasteiger partial charge in [-0.15, -0.1) is 0 Å². The Labute approximate surface area is 86.6 Å². The second-order valence-corrected chi connectivity index (χ2v) is 3.22. The normalized spacial score (nSPS) is 12.4. The van der Waals surface area contributed by atoms with Gasteiger partial charge in [0.15, 0.2) is 0 Å². The van der Waals surface area contributed by atoms with Crippen molar-refractivity contribution >= 4 is 17.3 Å². The molecule has 5 heteroatoms. The SMILES string of the molecule is COC(Cl)Cc1ccccc1[N+](=O)[O-]. The second-order valence-electron chi connectivity index (χ2n) is 2.74. The number of nitro benzene ring substituents is 1. The molecule has 76 valence electrons. The summed E-state index contributed by atoms with van der Waals surface area (Å²) in [6.07, 6.45) is 0.329. The highest BCUT2D eigenvalue weighted by atomic mass is 35.5. The van der Waals surface area contributed by atoms with Crippen molar-refractivity contribution in [3.05, 3.63) is 39.9 Å². The van der Waals surface area contributed by atoms with Crippen LogP contribution >= 0.6 is 11.6 Å². The van der Waals surface area contributed by atoms with Gasteiger partial charge < -0.3 is 4.74 Å². The molecular weight excluding hydrogens is 206 g/mol. The predicted molar refractivity (Wildman–Crippen MR) is 53.5 cm³/mol. The van der Waals surface area contributed by atoms with Gasteiger partial charge >= 0.3 is 0 Å². The molecule has 0 aliphatic rings. The number of alkyl halides is 1. The Morgan fingerprint density at radius 1 is 1.57 bits per heavy atom. The van der Waals surface area contributed by atoms with E-state index < -0.39 is 10.5 Å². The van der Waals surface area contributed by atoms with Crippen molar-refractivity contribution in [1.82, 2.24) is 0 Å². The van der Waals surface area contributed by atoms with E-state index in [1.54, 1.807) is 18.2 Å². The topological polar surface area (TPSA) is 52.4 Å². The van der Waals surface area contributed by atoms with E-state index in [0.29, 0.717) is 12.0 Å². The predicted octanol–water partition coefficient (Wildman–Crippen LogP) is 2.35. The molecule has 0 aliphatic heterocycles. The van der Waals surface area contributed by atoms with Crippen molar-refractivity contribution in [3.8, 4) is 0 Å². The average molecular weight is 216 g/mol. The average Bonchev–Trinajstić information content (AvgIpc) is 2.18. The summed E-state index contributed by atoms with van der Waals surface area (Å²) in [5.74, 6) is 0. The fraction of sp³-hybridized carbons (Fsp3) is 0.333. The molecule has 1 rings (SSSR count). The standard InChI is InChI=1S/C9H10ClNO3/c1-14-9(10)6-7-4-2-3-5-8(7)11(12)13/h2-5,9H,6H2,1H3. The second kappa shape index (κ2) is 4.93. The van der Waals surface area contributed by atoms with Crippen LogP contribution in [0.4, 0.5) is 5.69 Å². The Morgan fingerprint density at radius 2 is 2.21 bits per heavy atom. The van der Waals surface area contributed by atoms with Crippen LogP contribution in [-0.4, -0.2) is 17.6 Å². The highest BCUT2D eigenvalue weighted by molar-refractivity contribution is 6.19. The van der Waals surface area contributed by atoms with Crippen LogP contribution in [0.3, 0.4) is 0 Å². The largest absolute Gasteiger partial charge is 0.365 e. The van der Waals surface area contributed by atoms with Crippen molar-refractivity contribution in [2.45, 2.75) is 12.0 Å². The van der Waals surface area contributed by atoms with Crippen LogP contribution in [0, 0.1) is 10.1 Å². The molecule has 0 aliphatic carbocycles. The lowest BCUT2D eigenvalue weighted by Gasteiger charge is -2.06. The van der Waals surface area contributed by atoms with Crippen molar-refractivity contribution in [2.75, 3.05) is 7.11 Å². The minimum Gasteiger partial charge on any atom is -0.365 e. The van der Waals surface area contributed by atoms with E-state index in [4.69, 9.17) is 16.3 Å². The molecule has 0 saturated carbocycles. The summed E-state index contributed by atoms with van der Waals surface area (Å²) < 4.78 is 4.83. The number of nitro groups is 1. The number of rotatable bonds is 4. The summed E-state index contributed by atoms with van der Waals surface area (Å²) >= 11 is 5.73. The van der Waals surface area contributed by atoms with Crippen LogP contribution < -0.4 is 0 Å². The smallest absolute Gasteiger partial charge is 0.272 e. The number of methoxy groups -OCH3 is 1. The van der Waals surface area contributed by atoms with Crippen LogP contribution in [0.2, 0.25) is 0 Å². The van der Waals surface area contributed by atoms with E-state index in [0.717, 1.165) is 0 Å². The molecular formula is C9H10ClNO3. The third-order valence-electron chi connectivity index (χ3n) is 1.82. The van der Waals surface area contributed by atoms with Gasteiger partial charge in [0.1, 0.15) is 5.56 Å². The zero-order valence-electron chi connectivity index (χ0n) is 7.64. The van der Waals surface area contributed by atoms with Gasteiger partial charge in [0.25, 0.3) is 5.69 Å². The van der Waals surface area contributed by atoms with Gasteiger partial charge in [0, 0.05) is 25.2 Å². The summed E-state index contributed by atoms with van der Waals surface area (Å²) in [5.41, 5.74) is 0.130. The molecule has 4 nitrogen and oxygen atoms in total. The van der Waals surface area contributed by atoms with Gasteiger partial charge in [0.2, 0.25) is 0 Å². The van der Waals surface area contributed by atoms with Gasteiger partial charge in [-0.1, -0.05) is 29.8 Å². The first-order valence-corrected chi connectivity index (χ1v) is 4.48. The zero-order chi connectivity index (χ0) is 10.6. The lowest BCUT2D eigenvalue weighted by Crippen LogP contribution is -2.07. The summed E-state index contributed by atoms with van der Waals surface area (Å²) in [6.45, 7) is 0. The van der Waals surface area contributed by atoms with Crippen LogP contribution in [0.5, 0.6) is 0 Å². The van der Waals surface area contributed by atoms with E-state index in [9.17, 15) is 10.1 Å². The number of ether oxygens (including phenoxy) is 1. The van der Waals surface area contributed by atoms with Gasteiger partial charge in [0.05, 0.1) is 4.92 Å². The minimum absolute atomic E-state index is 0.0789. The van der Waals surface area contributed by atoms with Crippen molar-refractivity contribution in [1.29, 1.82) is 0 Å². The maximum Gasteiger partial charge on any atom is 0.272 e. The third kappa shape index (κ3) is 2.68. The van der Waals surface area contributed by atoms with Gasteiger partial charge in [-0.05, 0) is 0 Å². The Balaban J connectivity index is 2.90. The zero-order valence-corrected chi connectivity index (χ0v) is 8.40. The van der Waals surface area contributed by atoms with E-state index in [1.165, 1.54) is 13.2 Å². The quantitative estimate of drug-likeness (QED) is 0.440. The first-order chi connectivity index (χ1) is 6.65. The maximum atomic E-state index is 10.6. The molecule has 0 N–H and O–H groups in total. The molecule has 0 radical (unpaired) electrons. The Morgan fingerprint density at radius 3 is 2.79 bits per heavy atom. The lowest BCUT2D eigenvalue weighted by molar-refractivity contribution is -0.385. The molecule has 1 aromatic carbocycles. The summed E-state index contributed by atoms with van der Waals surface area (Å²) in [6, 6.07) is 6.49. The monoisotopic (exact) mass is 215 g/mol.